The van der Waals surface area contributed by atoms with Crippen molar-refractivity contribution in [2.24, 2.45) is 0 Å². The van der Waals surface area contributed by atoms with Crippen LogP contribution in [0.1, 0.15) is 6.42 Å². The van der Waals surface area contributed by atoms with Crippen LogP contribution < -0.4 is 5.32 Å². The fourth-order valence-electron chi connectivity index (χ4n) is 1.44. The largest absolute Gasteiger partial charge is 0.478 e. The highest BCUT2D eigenvalue weighted by Gasteiger charge is 2.21. The van der Waals surface area contributed by atoms with Crippen LogP contribution in [-0.2, 0) is 9.53 Å². The quantitative estimate of drug-likeness (QED) is 0.647. The van der Waals surface area contributed by atoms with Gasteiger partial charge in [0.25, 0.3) is 0 Å². The minimum Gasteiger partial charge on any atom is -0.478 e. The molecule has 0 bridgehead atoms. The van der Waals surface area contributed by atoms with Crippen LogP contribution in [0.2, 0.25) is 0 Å². The summed E-state index contributed by atoms with van der Waals surface area (Å²) in [5, 5.41) is 11.1. The van der Waals surface area contributed by atoms with Crippen LogP contribution in [0.15, 0.2) is 12.3 Å². The van der Waals surface area contributed by atoms with E-state index in [9.17, 15) is 9.59 Å². The maximum Gasteiger partial charge on any atom is 0.407 e. The normalized spacial score (nSPS) is 20.6. The number of likely N-dealkylation sites (tertiary alicyclic amines) is 1. The molecule has 0 saturated carbocycles. The van der Waals surface area contributed by atoms with Gasteiger partial charge in [0.15, 0.2) is 0 Å². The van der Waals surface area contributed by atoms with Crippen LogP contribution in [0.4, 0.5) is 4.79 Å². The Morgan fingerprint density at radius 1 is 1.60 bits per heavy atom. The predicted octanol–water partition coefficient (Wildman–Crippen LogP) is 0.0150. The Morgan fingerprint density at radius 3 is 2.93 bits per heavy atom. The third-order valence-electron chi connectivity index (χ3n) is 2.15. The van der Waals surface area contributed by atoms with Crippen molar-refractivity contribution in [3.05, 3.63) is 12.3 Å². The molecule has 1 unspecified atom stereocenters. The van der Waals surface area contributed by atoms with Crippen LogP contribution in [0.3, 0.4) is 0 Å². The Labute approximate surface area is 87.5 Å². The van der Waals surface area contributed by atoms with Crippen molar-refractivity contribution < 1.29 is 19.4 Å². The molecule has 0 spiro atoms. The van der Waals surface area contributed by atoms with E-state index in [0.717, 1.165) is 19.0 Å². The van der Waals surface area contributed by atoms with E-state index in [4.69, 9.17) is 5.11 Å². The molecule has 0 aromatic carbocycles. The average Bonchev–Trinajstić information content (AvgIpc) is 2.62. The van der Waals surface area contributed by atoms with E-state index >= 15 is 0 Å². The van der Waals surface area contributed by atoms with E-state index in [1.54, 1.807) is 0 Å². The van der Waals surface area contributed by atoms with E-state index < -0.39 is 12.1 Å². The predicted molar refractivity (Wildman–Crippen MR) is 52.3 cm³/mol. The third kappa shape index (κ3) is 3.88. The third-order valence-corrected chi connectivity index (χ3v) is 2.15. The summed E-state index contributed by atoms with van der Waals surface area (Å²) in [6, 6.07) is 0.0240. The van der Waals surface area contributed by atoms with Gasteiger partial charge in [-0.1, -0.05) is 0 Å². The van der Waals surface area contributed by atoms with Gasteiger partial charge in [-0.3, -0.25) is 0 Å². The van der Waals surface area contributed by atoms with Crippen molar-refractivity contribution in [1.82, 2.24) is 10.2 Å². The van der Waals surface area contributed by atoms with Gasteiger partial charge in [-0.2, -0.15) is 0 Å². The molecule has 0 aromatic rings. The number of carboxylic acids is 1. The van der Waals surface area contributed by atoms with Gasteiger partial charge in [0.05, 0.1) is 13.2 Å². The standard InChI is InChI=1S/C9H14N2O4/c1-15-9(14)10-7-2-4-11(6-7)5-3-8(12)13/h3,5,7H,2,4,6H2,1H3,(H,10,14)(H,12,13)/b5-3+. The van der Waals surface area contributed by atoms with E-state index in [1.807, 2.05) is 4.90 Å². The number of hydrogen-bond donors (Lipinski definition) is 2. The summed E-state index contributed by atoms with van der Waals surface area (Å²) in [5.74, 6) is -0.973. The van der Waals surface area contributed by atoms with Gasteiger partial charge in [-0.15, -0.1) is 0 Å². The summed E-state index contributed by atoms with van der Waals surface area (Å²) in [7, 11) is 1.31. The first-order valence-corrected chi connectivity index (χ1v) is 4.61. The first kappa shape index (κ1) is 11.4. The van der Waals surface area contributed by atoms with Gasteiger partial charge >= 0.3 is 12.1 Å². The molecule has 0 radical (unpaired) electrons. The highest BCUT2D eigenvalue weighted by molar-refractivity contribution is 5.79. The highest BCUT2D eigenvalue weighted by Crippen LogP contribution is 2.09. The fourth-order valence-corrected chi connectivity index (χ4v) is 1.44. The summed E-state index contributed by atoms with van der Waals surface area (Å²) < 4.78 is 4.46. The maximum atomic E-state index is 10.9. The number of hydrogen-bond acceptors (Lipinski definition) is 4. The zero-order chi connectivity index (χ0) is 11.3. The SMILES string of the molecule is COC(=O)NC1CCN(/C=C/C(=O)O)C1. The van der Waals surface area contributed by atoms with Crippen molar-refractivity contribution in [2.75, 3.05) is 20.2 Å². The summed E-state index contributed by atoms with van der Waals surface area (Å²) >= 11 is 0. The van der Waals surface area contributed by atoms with Crippen molar-refractivity contribution >= 4 is 12.1 Å². The number of nitrogens with one attached hydrogen (secondary N) is 1. The zero-order valence-corrected chi connectivity index (χ0v) is 8.47. The summed E-state index contributed by atoms with van der Waals surface area (Å²) in [4.78, 5) is 23.0. The Hall–Kier alpha value is -1.72. The molecule has 15 heavy (non-hydrogen) atoms. The molecule has 1 amide bonds. The minimum atomic E-state index is -0.973. The second kappa shape index (κ2) is 5.23. The molecule has 0 aromatic heterocycles. The average molecular weight is 214 g/mol. The molecule has 1 saturated heterocycles. The molecule has 2 N–H and O–H groups in total. The maximum absolute atomic E-state index is 10.9. The van der Waals surface area contributed by atoms with E-state index in [2.05, 4.69) is 10.1 Å². The Balaban J connectivity index is 2.32. The number of methoxy groups -OCH3 is 1. The molecule has 1 aliphatic heterocycles. The first-order chi connectivity index (χ1) is 7.11. The number of amides is 1. The van der Waals surface area contributed by atoms with Gasteiger partial charge in [0.1, 0.15) is 0 Å². The number of ether oxygens (including phenoxy) is 1. The molecule has 1 rings (SSSR count). The lowest BCUT2D eigenvalue weighted by Crippen LogP contribution is -2.36. The lowest BCUT2D eigenvalue weighted by atomic mass is 10.3. The highest BCUT2D eigenvalue weighted by atomic mass is 16.5. The van der Waals surface area contributed by atoms with Crippen molar-refractivity contribution in [1.29, 1.82) is 0 Å². The lowest BCUT2D eigenvalue weighted by Gasteiger charge is -2.13. The molecule has 1 fully saturated rings. The summed E-state index contributed by atoms with van der Waals surface area (Å²) in [6.07, 6.45) is 2.94. The second-order valence-corrected chi connectivity index (χ2v) is 3.27. The van der Waals surface area contributed by atoms with Crippen LogP contribution >= 0.6 is 0 Å². The lowest BCUT2D eigenvalue weighted by molar-refractivity contribution is -0.131. The molecular formula is C9H14N2O4. The molecule has 6 heteroatoms. The Morgan fingerprint density at radius 2 is 2.33 bits per heavy atom. The Bertz CT molecular complexity index is 277. The van der Waals surface area contributed by atoms with Gasteiger partial charge < -0.3 is 20.1 Å². The van der Waals surface area contributed by atoms with E-state index in [-0.39, 0.29) is 6.04 Å². The van der Waals surface area contributed by atoms with Gasteiger partial charge in [0.2, 0.25) is 0 Å². The monoisotopic (exact) mass is 214 g/mol. The van der Waals surface area contributed by atoms with Crippen LogP contribution in [0.25, 0.3) is 0 Å². The number of aliphatic carboxylic acids is 1. The number of carbonyl (C=O) groups is 2. The smallest absolute Gasteiger partial charge is 0.407 e. The van der Waals surface area contributed by atoms with Crippen LogP contribution in [0.5, 0.6) is 0 Å². The minimum absolute atomic E-state index is 0.0240. The van der Waals surface area contributed by atoms with Crippen LogP contribution in [0, 0.1) is 0 Å². The number of carboxylic acid groups (broad SMARTS) is 1. The molecular weight excluding hydrogens is 200 g/mol. The van der Waals surface area contributed by atoms with Crippen LogP contribution in [-0.4, -0.2) is 48.3 Å². The van der Waals surface area contributed by atoms with Gasteiger partial charge in [0, 0.05) is 25.4 Å². The topological polar surface area (TPSA) is 78.9 Å². The summed E-state index contributed by atoms with van der Waals surface area (Å²) in [6.45, 7) is 1.34. The molecule has 1 atom stereocenters. The molecule has 6 nitrogen and oxygen atoms in total. The second-order valence-electron chi connectivity index (χ2n) is 3.27. The molecule has 0 aliphatic carbocycles. The zero-order valence-electron chi connectivity index (χ0n) is 8.47. The number of alkyl carbamates (subject to hydrolysis) is 1. The van der Waals surface area contributed by atoms with Crippen molar-refractivity contribution in [3.63, 3.8) is 0 Å². The Kier molecular flexibility index (Phi) is 3.96. The van der Waals surface area contributed by atoms with Gasteiger partial charge in [-0.25, -0.2) is 9.59 Å². The summed E-state index contributed by atoms with van der Waals surface area (Å²) in [5.41, 5.74) is 0. The molecule has 1 heterocycles. The van der Waals surface area contributed by atoms with Crippen molar-refractivity contribution in [3.8, 4) is 0 Å². The van der Waals surface area contributed by atoms with Gasteiger partial charge in [-0.05, 0) is 6.42 Å². The number of nitrogens with zero attached hydrogens (tertiary/aromatic N) is 1. The number of carbonyl (C=O) groups excluding carboxylic acids is 1. The first-order valence-electron chi connectivity index (χ1n) is 4.61. The van der Waals surface area contributed by atoms with Crippen molar-refractivity contribution in [2.45, 2.75) is 12.5 Å². The van der Waals surface area contributed by atoms with E-state index in [0.29, 0.717) is 6.54 Å². The fraction of sp³-hybridized carbons (Fsp3) is 0.556. The molecule has 84 valence electrons. The number of rotatable bonds is 3. The van der Waals surface area contributed by atoms with E-state index in [1.165, 1.54) is 13.3 Å². The molecule has 1 aliphatic rings.